The van der Waals surface area contributed by atoms with Crippen LogP contribution in [-0.2, 0) is 11.2 Å². The van der Waals surface area contributed by atoms with Crippen molar-refractivity contribution >= 4 is 11.8 Å². The van der Waals surface area contributed by atoms with E-state index in [-0.39, 0.29) is 18.0 Å². The van der Waals surface area contributed by atoms with E-state index in [1.54, 1.807) is 18.1 Å². The van der Waals surface area contributed by atoms with Gasteiger partial charge in [0, 0.05) is 26.6 Å². The lowest BCUT2D eigenvalue weighted by Gasteiger charge is -2.21. The molecule has 0 aliphatic rings. The van der Waals surface area contributed by atoms with E-state index in [0.29, 0.717) is 19.5 Å². The van der Waals surface area contributed by atoms with Crippen molar-refractivity contribution in [1.29, 1.82) is 0 Å². The van der Waals surface area contributed by atoms with Crippen LogP contribution in [0.2, 0.25) is 0 Å². The summed E-state index contributed by atoms with van der Waals surface area (Å²) in [5.74, 6) is -0.332. The van der Waals surface area contributed by atoms with Gasteiger partial charge in [0.2, 0.25) is 5.91 Å². The van der Waals surface area contributed by atoms with Crippen LogP contribution in [0, 0.1) is 5.82 Å². The van der Waals surface area contributed by atoms with Crippen molar-refractivity contribution in [3.05, 3.63) is 65.5 Å². The summed E-state index contributed by atoms with van der Waals surface area (Å²) in [4.78, 5) is 25.4. The molecule has 2 amide bonds. The van der Waals surface area contributed by atoms with Crippen molar-refractivity contribution in [1.82, 2.24) is 10.2 Å². The first-order valence-corrected chi connectivity index (χ1v) is 8.42. The Morgan fingerprint density at radius 1 is 1.08 bits per heavy atom. The Balaban J connectivity index is 1.83. The summed E-state index contributed by atoms with van der Waals surface area (Å²) >= 11 is 0. The molecule has 0 atom stereocenters. The lowest BCUT2D eigenvalue weighted by Crippen LogP contribution is -2.38. The van der Waals surface area contributed by atoms with Gasteiger partial charge in [0.25, 0.3) is 5.91 Å². The van der Waals surface area contributed by atoms with Crippen LogP contribution in [-0.4, -0.2) is 43.5 Å². The predicted octanol–water partition coefficient (Wildman–Crippen LogP) is 2.66. The van der Waals surface area contributed by atoms with E-state index in [1.165, 1.54) is 25.1 Å². The van der Waals surface area contributed by atoms with Crippen molar-refractivity contribution in [2.45, 2.75) is 13.3 Å². The Morgan fingerprint density at radius 3 is 2.38 bits per heavy atom. The number of rotatable bonds is 8. The van der Waals surface area contributed by atoms with Crippen molar-refractivity contribution in [2.24, 2.45) is 0 Å². The maximum Gasteiger partial charge on any atom is 0.254 e. The van der Waals surface area contributed by atoms with Gasteiger partial charge in [-0.25, -0.2) is 4.39 Å². The Labute approximate surface area is 152 Å². The molecule has 0 saturated carbocycles. The largest absolute Gasteiger partial charge is 0.497 e. The fraction of sp³-hybridized carbons (Fsp3) is 0.300. The average Bonchev–Trinajstić information content (AvgIpc) is 2.64. The molecule has 138 valence electrons. The lowest BCUT2D eigenvalue weighted by molar-refractivity contribution is -0.128. The van der Waals surface area contributed by atoms with Gasteiger partial charge in [-0.05, 0) is 36.2 Å². The second kappa shape index (κ2) is 9.56. The summed E-state index contributed by atoms with van der Waals surface area (Å²) in [6.45, 7) is 2.66. The fourth-order valence-electron chi connectivity index (χ4n) is 2.53. The first kappa shape index (κ1) is 19.4. The third-order valence-corrected chi connectivity index (χ3v) is 4.06. The van der Waals surface area contributed by atoms with E-state index in [1.807, 2.05) is 24.3 Å². The van der Waals surface area contributed by atoms with Crippen LogP contribution >= 0.6 is 0 Å². The minimum absolute atomic E-state index is 0.0000999. The van der Waals surface area contributed by atoms with Crippen molar-refractivity contribution < 1.29 is 18.7 Å². The molecule has 26 heavy (non-hydrogen) atoms. The van der Waals surface area contributed by atoms with Crippen LogP contribution in [0.1, 0.15) is 22.8 Å². The molecule has 2 aromatic rings. The van der Waals surface area contributed by atoms with Crippen LogP contribution in [0.25, 0.3) is 0 Å². The molecule has 0 fully saturated rings. The maximum atomic E-state index is 13.6. The number of hydrogen-bond donors (Lipinski definition) is 1. The number of amides is 2. The molecule has 0 aliphatic carbocycles. The van der Waals surface area contributed by atoms with Gasteiger partial charge in [-0.2, -0.15) is 0 Å². The SMILES string of the molecule is COc1ccc(CCN(CCNC(=O)c2ccccc2F)C(C)=O)cc1. The van der Waals surface area contributed by atoms with Gasteiger partial charge in [-0.1, -0.05) is 24.3 Å². The number of halogens is 1. The molecule has 0 bridgehead atoms. The quantitative estimate of drug-likeness (QED) is 0.789. The molecule has 5 nitrogen and oxygen atoms in total. The number of nitrogens with zero attached hydrogens (tertiary/aromatic N) is 1. The molecule has 0 spiro atoms. The van der Waals surface area contributed by atoms with E-state index >= 15 is 0 Å². The molecular formula is C20H23FN2O3. The first-order chi connectivity index (χ1) is 12.5. The molecule has 1 N–H and O–H groups in total. The van der Waals surface area contributed by atoms with Crippen LogP contribution in [0.5, 0.6) is 5.75 Å². The minimum atomic E-state index is -0.562. The molecule has 0 heterocycles. The molecule has 0 saturated heterocycles. The van der Waals surface area contributed by atoms with E-state index in [9.17, 15) is 14.0 Å². The van der Waals surface area contributed by atoms with Gasteiger partial charge in [-0.3, -0.25) is 9.59 Å². The highest BCUT2D eigenvalue weighted by atomic mass is 19.1. The maximum absolute atomic E-state index is 13.6. The third kappa shape index (κ3) is 5.58. The number of carbonyl (C=O) groups is 2. The van der Waals surface area contributed by atoms with Crippen molar-refractivity contribution in [3.63, 3.8) is 0 Å². The van der Waals surface area contributed by atoms with Crippen LogP contribution in [0.4, 0.5) is 4.39 Å². The molecule has 2 aromatic carbocycles. The Bertz CT molecular complexity index is 747. The van der Waals surface area contributed by atoms with Gasteiger partial charge in [0.1, 0.15) is 11.6 Å². The number of methoxy groups -OCH3 is 1. The topological polar surface area (TPSA) is 58.6 Å². The Hall–Kier alpha value is -2.89. The highest BCUT2D eigenvalue weighted by molar-refractivity contribution is 5.94. The molecule has 0 unspecified atom stereocenters. The Morgan fingerprint density at radius 2 is 1.77 bits per heavy atom. The fourth-order valence-corrected chi connectivity index (χ4v) is 2.53. The summed E-state index contributed by atoms with van der Waals surface area (Å²) in [6, 6.07) is 13.5. The summed E-state index contributed by atoms with van der Waals surface area (Å²) in [5.41, 5.74) is 1.09. The van der Waals surface area contributed by atoms with Gasteiger partial charge in [-0.15, -0.1) is 0 Å². The van der Waals surface area contributed by atoms with Crippen molar-refractivity contribution in [3.8, 4) is 5.75 Å². The predicted molar refractivity (Wildman–Crippen MR) is 97.7 cm³/mol. The monoisotopic (exact) mass is 358 g/mol. The zero-order valence-corrected chi connectivity index (χ0v) is 15.0. The molecule has 0 aliphatic heterocycles. The lowest BCUT2D eigenvalue weighted by atomic mass is 10.1. The van der Waals surface area contributed by atoms with E-state index in [0.717, 1.165) is 11.3 Å². The molecule has 2 rings (SSSR count). The van der Waals surface area contributed by atoms with Crippen LogP contribution in [0.15, 0.2) is 48.5 Å². The minimum Gasteiger partial charge on any atom is -0.497 e. The summed E-state index contributed by atoms with van der Waals surface area (Å²) in [6.07, 6.45) is 0.699. The number of hydrogen-bond acceptors (Lipinski definition) is 3. The summed E-state index contributed by atoms with van der Waals surface area (Å²) < 4.78 is 18.7. The molecular weight excluding hydrogens is 335 g/mol. The zero-order chi connectivity index (χ0) is 18.9. The van der Waals surface area contributed by atoms with E-state index < -0.39 is 11.7 Å². The van der Waals surface area contributed by atoms with Crippen molar-refractivity contribution in [2.75, 3.05) is 26.7 Å². The highest BCUT2D eigenvalue weighted by Crippen LogP contribution is 2.12. The summed E-state index contributed by atoms with van der Waals surface area (Å²) in [7, 11) is 1.61. The van der Waals surface area contributed by atoms with Crippen LogP contribution in [0.3, 0.4) is 0 Å². The smallest absolute Gasteiger partial charge is 0.254 e. The normalized spacial score (nSPS) is 10.3. The standard InChI is InChI=1S/C20H23FN2O3/c1-15(24)23(13-11-16-7-9-17(26-2)10-8-16)14-12-22-20(25)18-5-3-4-6-19(18)21/h3-10H,11-14H2,1-2H3,(H,22,25). The highest BCUT2D eigenvalue weighted by Gasteiger charge is 2.12. The second-order valence-electron chi connectivity index (χ2n) is 5.84. The third-order valence-electron chi connectivity index (χ3n) is 4.06. The summed E-state index contributed by atoms with van der Waals surface area (Å²) in [5, 5.41) is 2.65. The first-order valence-electron chi connectivity index (χ1n) is 8.42. The van der Waals surface area contributed by atoms with E-state index in [4.69, 9.17) is 4.74 Å². The van der Waals surface area contributed by atoms with Gasteiger partial charge >= 0.3 is 0 Å². The number of benzene rings is 2. The van der Waals surface area contributed by atoms with E-state index in [2.05, 4.69) is 5.32 Å². The molecule has 0 aromatic heterocycles. The number of nitrogens with one attached hydrogen (secondary N) is 1. The molecule has 0 radical (unpaired) electrons. The van der Waals surface area contributed by atoms with Gasteiger partial charge < -0.3 is 15.0 Å². The number of carbonyl (C=O) groups excluding carboxylic acids is 2. The van der Waals surface area contributed by atoms with Crippen LogP contribution < -0.4 is 10.1 Å². The number of ether oxygens (including phenoxy) is 1. The zero-order valence-electron chi connectivity index (χ0n) is 15.0. The Kier molecular flexibility index (Phi) is 7.14. The second-order valence-corrected chi connectivity index (χ2v) is 5.84. The average molecular weight is 358 g/mol. The van der Waals surface area contributed by atoms with Gasteiger partial charge in [0.05, 0.1) is 12.7 Å². The molecule has 6 heteroatoms. The van der Waals surface area contributed by atoms with Gasteiger partial charge in [0.15, 0.2) is 0 Å².